The summed E-state index contributed by atoms with van der Waals surface area (Å²) in [6, 6.07) is 11.5. The summed E-state index contributed by atoms with van der Waals surface area (Å²) in [5.41, 5.74) is 1.92. The van der Waals surface area contributed by atoms with Crippen LogP contribution in [0.1, 0.15) is 70.4 Å². The minimum absolute atomic E-state index is 0.452. The molecule has 1 heterocycles. The van der Waals surface area contributed by atoms with Crippen molar-refractivity contribution in [3.63, 3.8) is 0 Å². The summed E-state index contributed by atoms with van der Waals surface area (Å²) >= 11 is 0. The van der Waals surface area contributed by atoms with Crippen LogP contribution in [-0.2, 0) is 0 Å². The lowest BCUT2D eigenvalue weighted by molar-refractivity contribution is 0.249. The first kappa shape index (κ1) is 14.6. The third-order valence-electron chi connectivity index (χ3n) is 4.73. The Morgan fingerprint density at radius 3 is 2.58 bits per heavy atom. The van der Waals surface area contributed by atoms with Crippen LogP contribution in [0.5, 0.6) is 0 Å². The lowest BCUT2D eigenvalue weighted by Crippen LogP contribution is -2.26. The van der Waals surface area contributed by atoms with Crippen molar-refractivity contribution < 1.29 is 0 Å². The van der Waals surface area contributed by atoms with E-state index < -0.39 is 0 Å². The van der Waals surface area contributed by atoms with Gasteiger partial charge in [0.1, 0.15) is 0 Å². The van der Waals surface area contributed by atoms with E-state index in [0.717, 1.165) is 0 Å². The van der Waals surface area contributed by atoms with Crippen LogP contribution in [0.3, 0.4) is 0 Å². The van der Waals surface area contributed by atoms with Crippen LogP contribution in [0, 0.1) is 5.41 Å². The normalized spacial score (nSPS) is 26.7. The first-order valence-electron chi connectivity index (χ1n) is 8.04. The van der Waals surface area contributed by atoms with Crippen molar-refractivity contribution in [1.29, 1.82) is 0 Å². The van der Waals surface area contributed by atoms with Crippen molar-refractivity contribution in [2.24, 2.45) is 5.41 Å². The number of hydrogen-bond donors (Lipinski definition) is 1. The molecule has 1 aromatic carbocycles. The number of benzene rings is 1. The highest BCUT2D eigenvalue weighted by Crippen LogP contribution is 2.44. The zero-order valence-electron chi connectivity index (χ0n) is 12.6. The van der Waals surface area contributed by atoms with Crippen LogP contribution >= 0.6 is 0 Å². The maximum absolute atomic E-state index is 3.72. The predicted molar refractivity (Wildman–Crippen MR) is 83.3 cm³/mol. The molecule has 19 heavy (non-hydrogen) atoms. The van der Waals surface area contributed by atoms with Crippen LogP contribution in [0.2, 0.25) is 0 Å². The molecule has 2 atom stereocenters. The fourth-order valence-electron chi connectivity index (χ4n) is 3.46. The Balaban J connectivity index is 1.89. The summed E-state index contributed by atoms with van der Waals surface area (Å²) < 4.78 is 0. The van der Waals surface area contributed by atoms with E-state index in [1.165, 1.54) is 57.1 Å². The van der Waals surface area contributed by atoms with Gasteiger partial charge >= 0.3 is 0 Å². The largest absolute Gasteiger partial charge is 0.309 e. The Kier molecular flexibility index (Phi) is 5.45. The summed E-state index contributed by atoms with van der Waals surface area (Å²) in [5, 5.41) is 3.72. The van der Waals surface area contributed by atoms with Gasteiger partial charge in [0.15, 0.2) is 0 Å². The van der Waals surface area contributed by atoms with Crippen LogP contribution in [0.15, 0.2) is 30.3 Å². The van der Waals surface area contributed by atoms with E-state index >= 15 is 0 Å². The Morgan fingerprint density at radius 2 is 1.84 bits per heavy atom. The van der Waals surface area contributed by atoms with Crippen LogP contribution in [0.25, 0.3) is 0 Å². The number of rotatable bonds is 7. The van der Waals surface area contributed by atoms with Gasteiger partial charge in [-0.1, -0.05) is 76.3 Å². The first-order chi connectivity index (χ1) is 9.26. The maximum Gasteiger partial charge on any atom is 0.0374 e. The van der Waals surface area contributed by atoms with E-state index in [1.807, 2.05) is 0 Å². The Bertz CT molecular complexity index is 359. The van der Waals surface area contributed by atoms with Crippen molar-refractivity contribution in [2.45, 2.75) is 64.8 Å². The summed E-state index contributed by atoms with van der Waals surface area (Å²) in [4.78, 5) is 0. The average Bonchev–Trinajstić information content (AvgIpc) is 2.82. The first-order valence-corrected chi connectivity index (χ1v) is 8.04. The van der Waals surface area contributed by atoms with Gasteiger partial charge in [-0.2, -0.15) is 0 Å². The molecule has 0 amide bonds. The fourth-order valence-corrected chi connectivity index (χ4v) is 3.46. The Labute approximate surface area is 118 Å². The van der Waals surface area contributed by atoms with Gasteiger partial charge in [-0.3, -0.25) is 0 Å². The monoisotopic (exact) mass is 259 g/mol. The molecule has 0 saturated carbocycles. The zero-order chi connectivity index (χ0) is 13.6. The standard InChI is InChI=1S/C18H29N/c1-3-4-5-6-10-13-18(2)14-15-19-17(18)16-11-8-7-9-12-16/h7-9,11-12,17,19H,3-6,10,13-15H2,1-2H3. The molecule has 0 aliphatic carbocycles. The van der Waals surface area contributed by atoms with E-state index in [0.29, 0.717) is 11.5 Å². The predicted octanol–water partition coefficient (Wildman–Crippen LogP) is 5.09. The molecule has 1 N–H and O–H groups in total. The molecule has 1 fully saturated rings. The molecule has 1 aromatic rings. The molecule has 0 bridgehead atoms. The van der Waals surface area contributed by atoms with Crippen LogP contribution in [-0.4, -0.2) is 6.54 Å². The van der Waals surface area contributed by atoms with Gasteiger partial charge < -0.3 is 5.32 Å². The van der Waals surface area contributed by atoms with E-state index in [1.54, 1.807) is 0 Å². The highest BCUT2D eigenvalue weighted by molar-refractivity contribution is 5.22. The number of hydrogen-bond acceptors (Lipinski definition) is 1. The van der Waals surface area contributed by atoms with Gasteiger partial charge in [0.2, 0.25) is 0 Å². The van der Waals surface area contributed by atoms with Crippen LogP contribution < -0.4 is 5.32 Å². The molecule has 1 aliphatic rings. The zero-order valence-corrected chi connectivity index (χ0v) is 12.6. The molecule has 1 saturated heterocycles. The highest BCUT2D eigenvalue weighted by atomic mass is 15.0. The smallest absolute Gasteiger partial charge is 0.0374 e. The van der Waals surface area contributed by atoms with E-state index in [9.17, 15) is 0 Å². The molecule has 1 aliphatic heterocycles. The molecule has 0 aromatic heterocycles. The van der Waals surface area contributed by atoms with E-state index in [4.69, 9.17) is 0 Å². The second-order valence-electron chi connectivity index (χ2n) is 6.37. The summed E-state index contributed by atoms with van der Waals surface area (Å²) in [7, 11) is 0. The van der Waals surface area contributed by atoms with Crippen molar-refractivity contribution in [1.82, 2.24) is 5.32 Å². The van der Waals surface area contributed by atoms with Crippen molar-refractivity contribution in [2.75, 3.05) is 6.54 Å². The summed E-state index contributed by atoms with van der Waals surface area (Å²) in [6.45, 7) is 5.93. The molecule has 0 radical (unpaired) electrons. The number of unbranched alkanes of at least 4 members (excludes halogenated alkanes) is 4. The molecule has 1 heteroatoms. The maximum atomic E-state index is 3.72. The van der Waals surface area contributed by atoms with Crippen molar-refractivity contribution in [3.05, 3.63) is 35.9 Å². The van der Waals surface area contributed by atoms with E-state index in [2.05, 4.69) is 49.5 Å². The Hall–Kier alpha value is -0.820. The minimum Gasteiger partial charge on any atom is -0.309 e. The topological polar surface area (TPSA) is 12.0 Å². The second kappa shape index (κ2) is 7.09. The van der Waals surface area contributed by atoms with Gasteiger partial charge in [0, 0.05) is 6.04 Å². The van der Waals surface area contributed by atoms with Crippen molar-refractivity contribution in [3.8, 4) is 0 Å². The minimum atomic E-state index is 0.452. The third kappa shape index (κ3) is 3.82. The molecule has 106 valence electrons. The SMILES string of the molecule is CCCCCCCC1(C)CCNC1c1ccccc1. The lowest BCUT2D eigenvalue weighted by Gasteiger charge is -2.31. The van der Waals surface area contributed by atoms with Gasteiger partial charge in [-0.15, -0.1) is 0 Å². The fraction of sp³-hybridized carbons (Fsp3) is 0.667. The van der Waals surface area contributed by atoms with Gasteiger partial charge in [-0.05, 0) is 30.4 Å². The molecular formula is C18H29N. The van der Waals surface area contributed by atoms with Gasteiger partial charge in [0.25, 0.3) is 0 Å². The lowest BCUT2D eigenvalue weighted by atomic mass is 9.75. The average molecular weight is 259 g/mol. The van der Waals surface area contributed by atoms with Gasteiger partial charge in [0.05, 0.1) is 0 Å². The third-order valence-corrected chi connectivity index (χ3v) is 4.73. The molecule has 0 spiro atoms. The molecule has 2 unspecified atom stereocenters. The summed E-state index contributed by atoms with van der Waals surface area (Å²) in [5.74, 6) is 0. The Morgan fingerprint density at radius 1 is 1.11 bits per heavy atom. The van der Waals surface area contributed by atoms with Crippen molar-refractivity contribution >= 4 is 0 Å². The van der Waals surface area contributed by atoms with Crippen LogP contribution in [0.4, 0.5) is 0 Å². The van der Waals surface area contributed by atoms with Gasteiger partial charge in [-0.25, -0.2) is 0 Å². The molecule has 1 nitrogen and oxygen atoms in total. The molecular weight excluding hydrogens is 230 g/mol. The number of nitrogens with one attached hydrogen (secondary N) is 1. The van der Waals surface area contributed by atoms with E-state index in [-0.39, 0.29) is 0 Å². The molecule has 2 rings (SSSR count). The summed E-state index contributed by atoms with van der Waals surface area (Å²) in [6.07, 6.45) is 9.63. The highest BCUT2D eigenvalue weighted by Gasteiger charge is 2.38. The second-order valence-corrected chi connectivity index (χ2v) is 6.37. The quantitative estimate of drug-likeness (QED) is 0.673.